The first-order valence-electron chi connectivity index (χ1n) is 9.66. The van der Waals surface area contributed by atoms with E-state index in [2.05, 4.69) is 18.9 Å². The van der Waals surface area contributed by atoms with E-state index in [4.69, 9.17) is 9.40 Å². The van der Waals surface area contributed by atoms with Crippen LogP contribution in [0.3, 0.4) is 0 Å². The molecule has 150 valence electrons. The molecule has 2 aromatic carbocycles. The number of pyridine rings is 1. The lowest BCUT2D eigenvalue weighted by Gasteiger charge is -2.10. The Morgan fingerprint density at radius 3 is 2.50 bits per heavy atom. The van der Waals surface area contributed by atoms with E-state index in [0.29, 0.717) is 22.2 Å². The zero-order valence-electron chi connectivity index (χ0n) is 16.7. The van der Waals surface area contributed by atoms with Crippen molar-refractivity contribution in [3.8, 4) is 11.1 Å². The average molecular weight is 401 g/mol. The molecule has 0 spiro atoms. The molecular formula is C23H19N3O4. The molecule has 30 heavy (non-hydrogen) atoms. The van der Waals surface area contributed by atoms with Crippen LogP contribution >= 0.6 is 0 Å². The fourth-order valence-electron chi connectivity index (χ4n) is 3.92. The number of carboxylic acids is 1. The Morgan fingerprint density at radius 1 is 1.10 bits per heavy atom. The molecule has 7 heteroatoms. The number of aryl methyl sites for hydroxylation is 1. The highest BCUT2D eigenvalue weighted by atomic mass is 16.4. The van der Waals surface area contributed by atoms with E-state index < -0.39 is 5.97 Å². The molecule has 0 fully saturated rings. The number of benzene rings is 2. The van der Waals surface area contributed by atoms with E-state index in [9.17, 15) is 14.7 Å². The Hall–Kier alpha value is -3.87. The fourth-order valence-corrected chi connectivity index (χ4v) is 3.92. The molecule has 0 amide bonds. The molecule has 0 bridgehead atoms. The van der Waals surface area contributed by atoms with E-state index in [0.717, 1.165) is 27.5 Å². The lowest BCUT2D eigenvalue weighted by molar-refractivity contribution is 0.0697. The predicted octanol–water partition coefficient (Wildman–Crippen LogP) is 4.88. The zero-order chi connectivity index (χ0) is 21.2. The van der Waals surface area contributed by atoms with E-state index in [1.165, 1.54) is 6.07 Å². The van der Waals surface area contributed by atoms with Crippen LogP contribution in [0, 0.1) is 6.92 Å². The smallest absolute Gasteiger partial charge is 0.335 e. The normalized spacial score (nSPS) is 11.9. The first kappa shape index (κ1) is 18.2. The molecule has 7 nitrogen and oxygen atoms in total. The molecule has 3 heterocycles. The minimum atomic E-state index is -0.979. The Kier molecular flexibility index (Phi) is 3.83. The van der Waals surface area contributed by atoms with Crippen LogP contribution < -0.4 is 5.43 Å². The standard InChI is InChI=1S/C23H19N3O4/c1-11(2)26-22-16(10-24-26)18(13-4-6-14(7-5-13)23(28)29)21-19(25-22)15-8-9-17(27)12(3)20(15)30-21/h4-11,24H,1-3H3,(H,28,29). The Balaban J connectivity index is 1.95. The molecule has 0 atom stereocenters. The summed E-state index contributed by atoms with van der Waals surface area (Å²) in [6.45, 7) is 5.87. The van der Waals surface area contributed by atoms with Crippen molar-refractivity contribution in [2.45, 2.75) is 26.8 Å². The topological polar surface area (TPSA) is 101 Å². The highest BCUT2D eigenvalue weighted by molar-refractivity contribution is 6.14. The summed E-state index contributed by atoms with van der Waals surface area (Å²) in [5.74, 6) is -0.979. The van der Waals surface area contributed by atoms with Gasteiger partial charge in [0.2, 0.25) is 0 Å². The molecule has 0 saturated heterocycles. The number of fused-ring (bicyclic) bond motifs is 4. The first-order chi connectivity index (χ1) is 14.4. The molecule has 5 aromatic rings. The van der Waals surface area contributed by atoms with Gasteiger partial charge in [0.1, 0.15) is 11.1 Å². The van der Waals surface area contributed by atoms with Crippen molar-refractivity contribution in [3.05, 3.63) is 63.9 Å². The average Bonchev–Trinajstić information content (AvgIpc) is 3.31. The fraction of sp³-hybridized carbons (Fsp3) is 0.174. The summed E-state index contributed by atoms with van der Waals surface area (Å²) >= 11 is 0. The largest absolute Gasteiger partial charge is 0.478 e. The molecular weight excluding hydrogens is 382 g/mol. The molecule has 5 rings (SSSR count). The van der Waals surface area contributed by atoms with Crippen molar-refractivity contribution in [2.75, 3.05) is 0 Å². The zero-order valence-corrected chi connectivity index (χ0v) is 16.7. The van der Waals surface area contributed by atoms with Crippen LogP contribution in [0.15, 0.2) is 51.8 Å². The molecule has 0 radical (unpaired) electrons. The van der Waals surface area contributed by atoms with E-state index in [1.807, 2.05) is 10.9 Å². The first-order valence-corrected chi connectivity index (χ1v) is 9.66. The number of hydrogen-bond donors (Lipinski definition) is 2. The van der Waals surface area contributed by atoms with Gasteiger partial charge in [0.15, 0.2) is 16.7 Å². The van der Waals surface area contributed by atoms with Crippen LogP contribution in [0.2, 0.25) is 0 Å². The van der Waals surface area contributed by atoms with Crippen molar-refractivity contribution in [3.63, 3.8) is 0 Å². The number of aromatic carboxylic acids is 1. The second-order valence-corrected chi connectivity index (χ2v) is 7.69. The summed E-state index contributed by atoms with van der Waals surface area (Å²) in [6, 6.07) is 10.1. The van der Waals surface area contributed by atoms with Gasteiger partial charge < -0.3 is 14.6 Å². The van der Waals surface area contributed by atoms with Crippen molar-refractivity contribution in [2.24, 2.45) is 0 Å². The third kappa shape index (κ3) is 2.48. The maximum absolute atomic E-state index is 12.1. The minimum Gasteiger partial charge on any atom is -0.478 e. The van der Waals surface area contributed by atoms with Gasteiger partial charge in [0.25, 0.3) is 0 Å². The number of carboxylic acid groups (broad SMARTS) is 1. The van der Waals surface area contributed by atoms with Gasteiger partial charge in [-0.25, -0.2) is 9.78 Å². The third-order valence-corrected chi connectivity index (χ3v) is 5.50. The van der Waals surface area contributed by atoms with Crippen molar-refractivity contribution in [1.82, 2.24) is 14.8 Å². The number of rotatable bonds is 3. The number of furan rings is 1. The number of aromatic nitrogens is 3. The van der Waals surface area contributed by atoms with Gasteiger partial charge in [-0.2, -0.15) is 0 Å². The van der Waals surface area contributed by atoms with E-state index in [-0.39, 0.29) is 17.0 Å². The van der Waals surface area contributed by atoms with Crippen LogP contribution in [-0.4, -0.2) is 25.8 Å². The molecule has 2 N–H and O–H groups in total. The molecule has 0 aliphatic carbocycles. The SMILES string of the molecule is Cc1c(=O)ccc2c1oc1c(-c3ccc(C(=O)O)cc3)c3c[nH]n(C(C)C)c3nc12. The number of H-pyrrole nitrogens is 1. The monoisotopic (exact) mass is 401 g/mol. The van der Waals surface area contributed by atoms with Crippen LogP contribution in [0.25, 0.3) is 44.2 Å². The summed E-state index contributed by atoms with van der Waals surface area (Å²) in [5, 5.41) is 14.1. The molecule has 3 aromatic heterocycles. The highest BCUT2D eigenvalue weighted by Gasteiger charge is 2.22. The van der Waals surface area contributed by atoms with Crippen molar-refractivity contribution >= 4 is 39.1 Å². The summed E-state index contributed by atoms with van der Waals surface area (Å²) in [6.07, 6.45) is 1.88. The van der Waals surface area contributed by atoms with Gasteiger partial charge >= 0.3 is 5.97 Å². The quantitative estimate of drug-likeness (QED) is 0.449. The molecule has 0 aliphatic rings. The van der Waals surface area contributed by atoms with Gasteiger partial charge in [-0.3, -0.25) is 9.48 Å². The second-order valence-electron chi connectivity index (χ2n) is 7.69. The Bertz CT molecular complexity index is 1520. The number of aromatic amines is 1. The lowest BCUT2D eigenvalue weighted by atomic mass is 10.0. The Morgan fingerprint density at radius 2 is 1.83 bits per heavy atom. The number of nitrogens with one attached hydrogen (secondary N) is 1. The van der Waals surface area contributed by atoms with Gasteiger partial charge in [-0.1, -0.05) is 12.1 Å². The number of nitrogens with zero attached hydrogens (tertiary/aromatic N) is 2. The van der Waals surface area contributed by atoms with Crippen molar-refractivity contribution < 1.29 is 14.3 Å². The van der Waals surface area contributed by atoms with Gasteiger partial charge in [0.05, 0.1) is 5.56 Å². The van der Waals surface area contributed by atoms with Crippen molar-refractivity contribution in [1.29, 1.82) is 0 Å². The summed E-state index contributed by atoms with van der Waals surface area (Å²) in [7, 11) is 0. The molecule has 0 unspecified atom stereocenters. The predicted molar refractivity (Wildman–Crippen MR) is 115 cm³/mol. The maximum atomic E-state index is 12.1. The lowest BCUT2D eigenvalue weighted by Crippen LogP contribution is -2.03. The highest BCUT2D eigenvalue weighted by Crippen LogP contribution is 2.40. The van der Waals surface area contributed by atoms with Crippen LogP contribution in [0.1, 0.15) is 35.8 Å². The van der Waals surface area contributed by atoms with Crippen LogP contribution in [-0.2, 0) is 0 Å². The van der Waals surface area contributed by atoms with Crippen LogP contribution in [0.4, 0.5) is 0 Å². The molecule has 0 saturated carbocycles. The Labute approximate surface area is 170 Å². The summed E-state index contributed by atoms with van der Waals surface area (Å²) < 4.78 is 8.17. The third-order valence-electron chi connectivity index (χ3n) is 5.50. The summed E-state index contributed by atoms with van der Waals surface area (Å²) in [4.78, 5) is 28.3. The number of hydrogen-bond acceptors (Lipinski definition) is 4. The minimum absolute atomic E-state index is 0.0847. The van der Waals surface area contributed by atoms with E-state index in [1.54, 1.807) is 37.3 Å². The molecule has 0 aliphatic heterocycles. The summed E-state index contributed by atoms with van der Waals surface area (Å²) in [5.41, 5.74) is 4.83. The maximum Gasteiger partial charge on any atom is 0.335 e. The van der Waals surface area contributed by atoms with E-state index >= 15 is 0 Å². The van der Waals surface area contributed by atoms with Gasteiger partial charge in [0, 0.05) is 34.1 Å². The number of carbonyl (C=O) groups is 1. The van der Waals surface area contributed by atoms with Crippen LogP contribution in [0.5, 0.6) is 0 Å². The van der Waals surface area contributed by atoms with Gasteiger partial charge in [-0.15, -0.1) is 0 Å². The van der Waals surface area contributed by atoms with Gasteiger partial charge in [-0.05, 0) is 50.6 Å². The second kappa shape index (κ2) is 6.32.